The summed E-state index contributed by atoms with van der Waals surface area (Å²) in [6.45, 7) is 0.180. The van der Waals surface area contributed by atoms with Gasteiger partial charge in [-0.1, -0.05) is 66.7 Å². The fraction of sp³-hybridized carbons (Fsp3) is 0.259. The highest BCUT2D eigenvalue weighted by atomic mass is 19.1. The minimum atomic E-state index is -0.810. The molecule has 2 atom stereocenters. The van der Waals surface area contributed by atoms with Crippen LogP contribution in [0.1, 0.15) is 36.0 Å². The Morgan fingerprint density at radius 1 is 0.903 bits per heavy atom. The Bertz CT molecular complexity index is 1140. The maximum atomic E-state index is 14.5. The number of rotatable bonds is 5. The molecule has 5 rings (SSSR count). The molecule has 0 N–H and O–H groups in total. The van der Waals surface area contributed by atoms with Crippen LogP contribution >= 0.6 is 0 Å². The second-order valence-corrected chi connectivity index (χ2v) is 8.61. The Balaban J connectivity index is 1.64. The quantitative estimate of drug-likeness (QED) is 0.575. The van der Waals surface area contributed by atoms with Crippen molar-refractivity contribution in [3.05, 3.63) is 101 Å². The number of fused-ring (bicyclic) bond motifs is 1. The highest BCUT2D eigenvalue weighted by molar-refractivity contribution is 6.09. The molecule has 3 aromatic carbocycles. The molecule has 3 nitrogen and oxygen atoms in total. The van der Waals surface area contributed by atoms with Gasteiger partial charge in [-0.3, -0.25) is 9.59 Å². The topological polar surface area (TPSA) is 37.4 Å². The number of halogens is 1. The zero-order valence-corrected chi connectivity index (χ0v) is 17.3. The van der Waals surface area contributed by atoms with Crippen molar-refractivity contribution in [3.63, 3.8) is 0 Å². The molecule has 1 aliphatic heterocycles. The van der Waals surface area contributed by atoms with E-state index in [1.165, 1.54) is 6.07 Å². The first kappa shape index (κ1) is 19.7. The van der Waals surface area contributed by atoms with Crippen molar-refractivity contribution in [2.45, 2.75) is 37.6 Å². The third-order valence-corrected chi connectivity index (χ3v) is 6.86. The molecule has 0 unspecified atom stereocenters. The summed E-state index contributed by atoms with van der Waals surface area (Å²) >= 11 is 0. The molecule has 0 spiro atoms. The summed E-state index contributed by atoms with van der Waals surface area (Å²) in [6.07, 6.45) is 2.18. The lowest BCUT2D eigenvalue weighted by Crippen LogP contribution is -2.46. The van der Waals surface area contributed by atoms with Crippen molar-refractivity contribution in [1.82, 2.24) is 0 Å². The summed E-state index contributed by atoms with van der Waals surface area (Å²) < 4.78 is 14.5. The van der Waals surface area contributed by atoms with Crippen LogP contribution in [0.4, 0.5) is 10.1 Å². The van der Waals surface area contributed by atoms with E-state index in [-0.39, 0.29) is 30.0 Å². The number of para-hydroxylation sites is 1. The standard InChI is InChI=1S/C27H24FNO2/c28-24-12-6-4-10-20(24)18-29-25-13-7-5-11-23(25)27(26(29)31,21-14-15-22(30)16-21)17-19-8-2-1-3-9-19/h1-13,21H,14-18H2/t21-,27-/m0/s1. The van der Waals surface area contributed by atoms with Crippen LogP contribution in [0.15, 0.2) is 78.9 Å². The number of anilines is 1. The Kier molecular flexibility index (Phi) is 4.93. The van der Waals surface area contributed by atoms with Crippen LogP contribution in [0.3, 0.4) is 0 Å². The number of hydrogen-bond acceptors (Lipinski definition) is 2. The van der Waals surface area contributed by atoms with Crippen LogP contribution in [-0.2, 0) is 28.0 Å². The smallest absolute Gasteiger partial charge is 0.238 e. The van der Waals surface area contributed by atoms with Crippen LogP contribution in [0, 0.1) is 11.7 Å². The number of ketones is 1. The van der Waals surface area contributed by atoms with Crippen LogP contribution in [0.2, 0.25) is 0 Å². The van der Waals surface area contributed by atoms with Crippen molar-refractivity contribution in [1.29, 1.82) is 0 Å². The van der Waals surface area contributed by atoms with E-state index in [9.17, 15) is 14.0 Å². The fourth-order valence-electron chi connectivity index (χ4n) is 5.37. The minimum Gasteiger partial charge on any atom is -0.307 e. The average Bonchev–Trinajstić information content (AvgIpc) is 3.32. The molecule has 0 aromatic heterocycles. The van der Waals surface area contributed by atoms with Crippen LogP contribution in [0.5, 0.6) is 0 Å². The van der Waals surface area contributed by atoms with Crippen molar-refractivity contribution in [2.75, 3.05) is 4.90 Å². The van der Waals surface area contributed by atoms with E-state index in [1.807, 2.05) is 54.6 Å². The second-order valence-electron chi connectivity index (χ2n) is 8.61. The lowest BCUT2D eigenvalue weighted by molar-refractivity contribution is -0.125. The normalized spacial score (nSPS) is 22.7. The predicted molar refractivity (Wildman–Crippen MR) is 118 cm³/mol. The van der Waals surface area contributed by atoms with E-state index in [2.05, 4.69) is 0 Å². The lowest BCUT2D eigenvalue weighted by Gasteiger charge is -2.34. The molecule has 1 aliphatic carbocycles. The van der Waals surface area contributed by atoms with Crippen LogP contribution in [0.25, 0.3) is 0 Å². The zero-order valence-electron chi connectivity index (χ0n) is 17.3. The first-order chi connectivity index (χ1) is 15.1. The van der Waals surface area contributed by atoms with Crippen molar-refractivity contribution < 1.29 is 14.0 Å². The SMILES string of the molecule is O=C1CC[C@H]([C@]2(Cc3ccccc3)C(=O)N(Cc3ccccc3F)c3ccccc32)C1. The Labute approximate surface area is 181 Å². The van der Waals surface area contributed by atoms with E-state index in [0.29, 0.717) is 31.2 Å². The third-order valence-electron chi connectivity index (χ3n) is 6.86. The van der Waals surface area contributed by atoms with E-state index in [1.54, 1.807) is 23.1 Å². The molecule has 1 heterocycles. The molecular formula is C27H24FNO2. The summed E-state index contributed by atoms with van der Waals surface area (Å²) in [5.41, 5.74) is 2.53. The third kappa shape index (κ3) is 3.27. The molecular weight excluding hydrogens is 389 g/mol. The monoisotopic (exact) mass is 413 g/mol. The molecule has 156 valence electrons. The summed E-state index contributed by atoms with van der Waals surface area (Å²) in [5.74, 6) is -0.181. The fourth-order valence-corrected chi connectivity index (χ4v) is 5.37. The van der Waals surface area contributed by atoms with Crippen molar-refractivity contribution in [2.24, 2.45) is 5.92 Å². The highest BCUT2D eigenvalue weighted by Gasteiger charge is 2.56. The van der Waals surface area contributed by atoms with Gasteiger partial charge in [-0.25, -0.2) is 4.39 Å². The molecule has 31 heavy (non-hydrogen) atoms. The molecule has 0 bridgehead atoms. The highest BCUT2D eigenvalue weighted by Crippen LogP contribution is 2.52. The van der Waals surface area contributed by atoms with Gasteiger partial charge in [0, 0.05) is 24.1 Å². The summed E-state index contributed by atoms with van der Waals surface area (Å²) in [4.78, 5) is 28.2. The van der Waals surface area contributed by atoms with E-state index in [0.717, 1.165) is 16.8 Å². The molecule has 3 aromatic rings. The molecule has 1 saturated carbocycles. The summed E-state index contributed by atoms with van der Waals surface area (Å²) in [5, 5.41) is 0. The average molecular weight is 413 g/mol. The molecule has 2 aliphatic rings. The first-order valence-electron chi connectivity index (χ1n) is 10.8. The van der Waals surface area contributed by atoms with E-state index >= 15 is 0 Å². The van der Waals surface area contributed by atoms with Gasteiger partial charge in [0.25, 0.3) is 0 Å². The largest absolute Gasteiger partial charge is 0.307 e. The first-order valence-corrected chi connectivity index (χ1v) is 10.8. The maximum absolute atomic E-state index is 14.5. The molecule has 0 radical (unpaired) electrons. The molecule has 1 fully saturated rings. The minimum absolute atomic E-state index is 0.0273. The van der Waals surface area contributed by atoms with Gasteiger partial charge in [0.1, 0.15) is 11.6 Å². The number of nitrogens with zero attached hydrogens (tertiary/aromatic N) is 1. The van der Waals surface area contributed by atoms with Gasteiger partial charge in [-0.2, -0.15) is 0 Å². The summed E-state index contributed by atoms with van der Waals surface area (Å²) in [7, 11) is 0. The Morgan fingerprint density at radius 2 is 1.61 bits per heavy atom. The van der Waals surface area contributed by atoms with Gasteiger partial charge in [0.05, 0.1) is 12.0 Å². The van der Waals surface area contributed by atoms with Gasteiger partial charge in [-0.05, 0) is 42.0 Å². The number of benzene rings is 3. The molecule has 4 heteroatoms. The number of Topliss-reactive ketones (excluding diaryl/α,β-unsaturated/α-hetero) is 1. The number of carbonyl (C=O) groups is 2. The van der Waals surface area contributed by atoms with Gasteiger partial charge in [-0.15, -0.1) is 0 Å². The molecule has 0 saturated heterocycles. The molecule has 1 amide bonds. The van der Waals surface area contributed by atoms with Crippen molar-refractivity contribution >= 4 is 17.4 Å². The number of amides is 1. The van der Waals surface area contributed by atoms with Crippen LogP contribution < -0.4 is 4.90 Å². The van der Waals surface area contributed by atoms with Gasteiger partial charge < -0.3 is 4.90 Å². The maximum Gasteiger partial charge on any atom is 0.238 e. The van der Waals surface area contributed by atoms with E-state index in [4.69, 9.17) is 0 Å². The zero-order chi connectivity index (χ0) is 21.4. The second kappa shape index (κ2) is 7.77. The number of carbonyl (C=O) groups excluding carboxylic acids is 2. The van der Waals surface area contributed by atoms with Crippen LogP contribution in [-0.4, -0.2) is 11.7 Å². The summed E-state index contributed by atoms with van der Waals surface area (Å²) in [6, 6.07) is 24.4. The lowest BCUT2D eigenvalue weighted by atomic mass is 9.66. The van der Waals surface area contributed by atoms with E-state index < -0.39 is 5.41 Å². The van der Waals surface area contributed by atoms with Gasteiger partial charge in [0.15, 0.2) is 0 Å². The predicted octanol–water partition coefficient (Wildman–Crippen LogP) is 5.22. The van der Waals surface area contributed by atoms with Crippen molar-refractivity contribution in [3.8, 4) is 0 Å². The Hall–Kier alpha value is -3.27. The number of hydrogen-bond donors (Lipinski definition) is 0. The Morgan fingerprint density at radius 3 is 2.35 bits per heavy atom. The van der Waals surface area contributed by atoms with Gasteiger partial charge in [0.2, 0.25) is 5.91 Å². The van der Waals surface area contributed by atoms with Gasteiger partial charge >= 0.3 is 0 Å².